The zero-order valence-corrected chi connectivity index (χ0v) is 14.2. The summed E-state index contributed by atoms with van der Waals surface area (Å²) in [6.07, 6.45) is -0.567. The maximum Gasteiger partial charge on any atom is 0.224 e. The average molecular weight is 356 g/mol. The van der Waals surface area contributed by atoms with Gasteiger partial charge in [-0.2, -0.15) is 0 Å². The average Bonchev–Trinajstić information content (AvgIpc) is 2.62. The number of ketones is 2. The van der Waals surface area contributed by atoms with Crippen LogP contribution in [-0.2, 0) is 4.79 Å². The monoisotopic (exact) mass is 356 g/mol. The summed E-state index contributed by atoms with van der Waals surface area (Å²) >= 11 is 0. The molecule has 0 heterocycles. The lowest BCUT2D eigenvalue weighted by Gasteiger charge is -2.18. The molecule has 0 amide bonds. The van der Waals surface area contributed by atoms with Gasteiger partial charge in [-0.05, 0) is 25.1 Å². The van der Waals surface area contributed by atoms with Gasteiger partial charge in [0.25, 0.3) is 0 Å². The van der Waals surface area contributed by atoms with Crippen LogP contribution in [0.5, 0.6) is 11.5 Å². The van der Waals surface area contributed by atoms with Crippen LogP contribution in [0.1, 0.15) is 29.3 Å². The zero-order chi connectivity index (χ0) is 19.1. The van der Waals surface area contributed by atoms with Crippen molar-refractivity contribution in [2.24, 2.45) is 0 Å². The Morgan fingerprint density at radius 2 is 1.81 bits per heavy atom. The third kappa shape index (κ3) is 5.02. The van der Waals surface area contributed by atoms with E-state index in [9.17, 15) is 24.9 Å². The SMILES string of the molecule is CC=CC(=O)CC(O)C(O)Oc1ccc(C(=O)c2ccccc2)c(O)c1. The number of phenolic OH excluding ortho intramolecular Hbond substituents is 1. The maximum absolute atomic E-state index is 12.4. The Hall–Kier alpha value is -2.96. The molecule has 0 radical (unpaired) electrons. The van der Waals surface area contributed by atoms with E-state index >= 15 is 0 Å². The molecule has 0 saturated carbocycles. The largest absolute Gasteiger partial charge is 0.507 e. The van der Waals surface area contributed by atoms with E-state index < -0.39 is 12.4 Å². The topological polar surface area (TPSA) is 104 Å². The number of hydrogen-bond donors (Lipinski definition) is 3. The van der Waals surface area contributed by atoms with Crippen molar-refractivity contribution in [1.29, 1.82) is 0 Å². The fourth-order valence-corrected chi connectivity index (χ4v) is 2.30. The van der Waals surface area contributed by atoms with Gasteiger partial charge in [-0.1, -0.05) is 36.4 Å². The molecule has 0 spiro atoms. The van der Waals surface area contributed by atoms with Gasteiger partial charge in [0.2, 0.25) is 6.29 Å². The lowest BCUT2D eigenvalue weighted by molar-refractivity contribution is -0.129. The van der Waals surface area contributed by atoms with Crippen molar-refractivity contribution < 1.29 is 29.6 Å². The fraction of sp³-hybridized carbons (Fsp3) is 0.200. The first-order valence-corrected chi connectivity index (χ1v) is 8.03. The number of ether oxygens (including phenoxy) is 1. The molecule has 0 aromatic heterocycles. The maximum atomic E-state index is 12.4. The summed E-state index contributed by atoms with van der Waals surface area (Å²) in [5.74, 6) is -0.971. The Labute approximate surface area is 151 Å². The van der Waals surface area contributed by atoms with Crippen molar-refractivity contribution >= 4 is 11.6 Å². The third-order valence-corrected chi connectivity index (χ3v) is 3.60. The van der Waals surface area contributed by atoms with Gasteiger partial charge < -0.3 is 20.1 Å². The molecule has 26 heavy (non-hydrogen) atoms. The van der Waals surface area contributed by atoms with Crippen molar-refractivity contribution in [2.75, 3.05) is 0 Å². The molecule has 6 nitrogen and oxygen atoms in total. The van der Waals surface area contributed by atoms with Crippen molar-refractivity contribution in [1.82, 2.24) is 0 Å². The Balaban J connectivity index is 2.07. The Kier molecular flexibility index (Phi) is 6.66. The summed E-state index contributed by atoms with van der Waals surface area (Å²) in [5.41, 5.74) is 0.510. The standard InChI is InChI=1S/C20H20O6/c1-2-6-14(21)11-18(23)20(25)26-15-9-10-16(17(22)12-15)19(24)13-7-4-3-5-8-13/h2-10,12,18,20,22-23,25H,11H2,1H3. The van der Waals surface area contributed by atoms with Crippen LogP contribution < -0.4 is 4.74 Å². The summed E-state index contributed by atoms with van der Waals surface area (Å²) in [6, 6.07) is 12.4. The zero-order valence-electron chi connectivity index (χ0n) is 14.2. The van der Waals surface area contributed by atoms with Crippen molar-refractivity contribution in [3.8, 4) is 11.5 Å². The first kappa shape index (κ1) is 19.4. The molecule has 0 saturated heterocycles. The molecule has 3 N–H and O–H groups in total. The summed E-state index contributed by atoms with van der Waals surface area (Å²) in [7, 11) is 0. The van der Waals surface area contributed by atoms with E-state index in [1.807, 2.05) is 0 Å². The number of hydrogen-bond acceptors (Lipinski definition) is 6. The van der Waals surface area contributed by atoms with Crippen molar-refractivity contribution in [3.05, 3.63) is 71.8 Å². The molecule has 0 aliphatic rings. The number of aromatic hydroxyl groups is 1. The van der Waals surface area contributed by atoms with Crippen LogP contribution in [-0.4, -0.2) is 39.3 Å². The van der Waals surface area contributed by atoms with Gasteiger partial charge in [-0.3, -0.25) is 9.59 Å². The summed E-state index contributed by atoms with van der Waals surface area (Å²) in [5, 5.41) is 29.7. The highest BCUT2D eigenvalue weighted by Gasteiger charge is 2.21. The van der Waals surface area contributed by atoms with Gasteiger partial charge in [0.15, 0.2) is 11.6 Å². The molecule has 6 heteroatoms. The molecule has 136 valence electrons. The fourth-order valence-electron chi connectivity index (χ4n) is 2.30. The predicted octanol–water partition coefficient (Wildman–Crippen LogP) is 2.22. The Bertz CT molecular complexity index is 797. The highest BCUT2D eigenvalue weighted by Crippen LogP contribution is 2.26. The smallest absolute Gasteiger partial charge is 0.224 e. The summed E-state index contributed by atoms with van der Waals surface area (Å²) < 4.78 is 5.13. The molecule has 2 aromatic carbocycles. The van der Waals surface area contributed by atoms with E-state index in [4.69, 9.17) is 4.74 Å². The van der Waals surface area contributed by atoms with Crippen LogP contribution in [0.25, 0.3) is 0 Å². The normalized spacial score (nSPS) is 13.3. The second-order valence-corrected chi connectivity index (χ2v) is 5.62. The molecule has 0 aliphatic carbocycles. The summed E-state index contributed by atoms with van der Waals surface area (Å²) in [6.45, 7) is 1.66. The number of phenols is 1. The van der Waals surface area contributed by atoms with E-state index in [0.717, 1.165) is 0 Å². The van der Waals surface area contributed by atoms with Gasteiger partial charge in [0, 0.05) is 18.1 Å². The van der Waals surface area contributed by atoms with Crippen LogP contribution in [0.2, 0.25) is 0 Å². The minimum atomic E-state index is -1.65. The van der Waals surface area contributed by atoms with Crippen molar-refractivity contribution in [3.63, 3.8) is 0 Å². The first-order chi connectivity index (χ1) is 12.4. The molecule has 2 aromatic rings. The Morgan fingerprint density at radius 1 is 1.12 bits per heavy atom. The van der Waals surface area contributed by atoms with Crippen LogP contribution >= 0.6 is 0 Å². The van der Waals surface area contributed by atoms with Crippen LogP contribution in [0, 0.1) is 0 Å². The quantitative estimate of drug-likeness (QED) is 0.381. The number of rotatable bonds is 8. The molecule has 0 aliphatic heterocycles. The second kappa shape index (κ2) is 8.94. The number of allylic oxidation sites excluding steroid dienone is 2. The van der Waals surface area contributed by atoms with Crippen LogP contribution in [0.15, 0.2) is 60.7 Å². The van der Waals surface area contributed by atoms with Gasteiger partial charge in [-0.15, -0.1) is 0 Å². The van der Waals surface area contributed by atoms with Gasteiger partial charge >= 0.3 is 0 Å². The van der Waals surface area contributed by atoms with Gasteiger partial charge in [-0.25, -0.2) is 0 Å². The molecule has 2 atom stereocenters. The number of benzene rings is 2. The highest BCUT2D eigenvalue weighted by molar-refractivity contribution is 6.10. The number of carbonyl (C=O) groups is 2. The van der Waals surface area contributed by atoms with E-state index in [2.05, 4.69) is 0 Å². The van der Waals surface area contributed by atoms with E-state index in [1.54, 1.807) is 37.3 Å². The minimum absolute atomic E-state index is 0.0529. The van der Waals surface area contributed by atoms with Crippen LogP contribution in [0.3, 0.4) is 0 Å². The van der Waals surface area contributed by atoms with E-state index in [-0.39, 0.29) is 35.0 Å². The van der Waals surface area contributed by atoms with Gasteiger partial charge in [0.05, 0.1) is 5.56 Å². The summed E-state index contributed by atoms with van der Waals surface area (Å²) in [4.78, 5) is 23.8. The highest BCUT2D eigenvalue weighted by atomic mass is 16.6. The number of aliphatic hydroxyl groups excluding tert-OH is 2. The van der Waals surface area contributed by atoms with Crippen molar-refractivity contribution in [2.45, 2.75) is 25.7 Å². The van der Waals surface area contributed by atoms with E-state index in [1.165, 1.54) is 30.4 Å². The Morgan fingerprint density at radius 3 is 2.42 bits per heavy atom. The molecule has 2 unspecified atom stereocenters. The minimum Gasteiger partial charge on any atom is -0.507 e. The predicted molar refractivity (Wildman–Crippen MR) is 95.1 cm³/mol. The third-order valence-electron chi connectivity index (χ3n) is 3.60. The molecule has 2 rings (SSSR count). The van der Waals surface area contributed by atoms with E-state index in [0.29, 0.717) is 5.56 Å². The second-order valence-electron chi connectivity index (χ2n) is 5.62. The lowest BCUT2D eigenvalue weighted by Crippen LogP contribution is -2.33. The lowest BCUT2D eigenvalue weighted by atomic mass is 10.0. The molecular weight excluding hydrogens is 336 g/mol. The molecule has 0 bridgehead atoms. The first-order valence-electron chi connectivity index (χ1n) is 8.03. The number of carbonyl (C=O) groups excluding carboxylic acids is 2. The van der Waals surface area contributed by atoms with Gasteiger partial charge in [0.1, 0.15) is 17.6 Å². The number of aliphatic hydroxyl groups is 2. The van der Waals surface area contributed by atoms with Crippen LogP contribution in [0.4, 0.5) is 0 Å². The molecular formula is C20H20O6. The molecule has 0 fully saturated rings.